The van der Waals surface area contributed by atoms with Gasteiger partial charge in [0.1, 0.15) is 5.60 Å². The van der Waals surface area contributed by atoms with Gasteiger partial charge in [0.2, 0.25) is 0 Å². The van der Waals surface area contributed by atoms with E-state index in [-0.39, 0.29) is 24.0 Å². The molecule has 4 rings (SSSR count). The molecule has 0 aliphatic carbocycles. The van der Waals surface area contributed by atoms with Crippen molar-refractivity contribution >= 4 is 6.09 Å². The molecule has 162 valence electrons. The van der Waals surface area contributed by atoms with Gasteiger partial charge in [0.05, 0.1) is 6.04 Å². The highest BCUT2D eigenvalue weighted by Gasteiger charge is 2.46. The van der Waals surface area contributed by atoms with Crippen LogP contribution in [0.15, 0.2) is 30.3 Å². The predicted molar refractivity (Wildman–Crippen MR) is 104 cm³/mol. The lowest BCUT2D eigenvalue weighted by atomic mass is 10.0. The summed E-state index contributed by atoms with van der Waals surface area (Å²) in [6.07, 6.45) is 1.45. The van der Waals surface area contributed by atoms with E-state index in [1.807, 2.05) is 56.0 Å². The Morgan fingerprint density at radius 3 is 2.30 bits per heavy atom. The van der Waals surface area contributed by atoms with Crippen LogP contribution < -0.4 is 0 Å². The molecule has 0 spiro atoms. The SMILES string of the molecule is CC(C)(C)OC(=O)N1C2CCC1CN(C(c1ccccc1)c1nnn(C(F)F)n1)C2. The van der Waals surface area contributed by atoms with E-state index in [0.717, 1.165) is 18.4 Å². The Morgan fingerprint density at radius 1 is 1.13 bits per heavy atom. The number of piperazine rings is 1. The van der Waals surface area contributed by atoms with Crippen molar-refractivity contribution in [3.8, 4) is 0 Å². The number of nitrogens with zero attached hydrogens (tertiary/aromatic N) is 6. The van der Waals surface area contributed by atoms with Gasteiger partial charge < -0.3 is 4.74 Å². The van der Waals surface area contributed by atoms with Gasteiger partial charge in [-0.25, -0.2) is 4.79 Å². The van der Waals surface area contributed by atoms with Crippen LogP contribution in [-0.2, 0) is 4.74 Å². The van der Waals surface area contributed by atoms with Crippen LogP contribution in [0, 0.1) is 0 Å². The first-order chi connectivity index (χ1) is 14.2. The monoisotopic (exact) mass is 420 g/mol. The van der Waals surface area contributed by atoms with Gasteiger partial charge in [-0.3, -0.25) is 9.80 Å². The fourth-order valence-corrected chi connectivity index (χ4v) is 4.35. The van der Waals surface area contributed by atoms with E-state index in [2.05, 4.69) is 20.3 Å². The van der Waals surface area contributed by atoms with Crippen molar-refractivity contribution in [2.45, 2.75) is 63.9 Å². The molecule has 2 aliphatic heterocycles. The highest BCUT2D eigenvalue weighted by Crippen LogP contribution is 2.37. The van der Waals surface area contributed by atoms with Crippen molar-refractivity contribution in [1.82, 2.24) is 30.0 Å². The summed E-state index contributed by atoms with van der Waals surface area (Å²) in [6.45, 7) is 3.88. The fourth-order valence-electron chi connectivity index (χ4n) is 4.35. The molecule has 3 atom stereocenters. The Balaban J connectivity index is 1.60. The molecule has 2 fully saturated rings. The first-order valence-corrected chi connectivity index (χ1v) is 10.1. The molecule has 0 N–H and O–H groups in total. The first-order valence-electron chi connectivity index (χ1n) is 10.1. The summed E-state index contributed by atoms with van der Waals surface area (Å²) < 4.78 is 31.6. The van der Waals surface area contributed by atoms with E-state index < -0.39 is 18.2 Å². The average Bonchev–Trinajstić information content (AvgIpc) is 3.25. The molecule has 10 heteroatoms. The second-order valence-electron chi connectivity index (χ2n) is 8.79. The minimum atomic E-state index is -2.84. The summed E-state index contributed by atoms with van der Waals surface area (Å²) in [5.74, 6) is 0.228. The molecule has 1 aromatic carbocycles. The number of carbonyl (C=O) groups is 1. The van der Waals surface area contributed by atoms with Crippen molar-refractivity contribution in [3.63, 3.8) is 0 Å². The molecular formula is C20H26F2N6O2. The van der Waals surface area contributed by atoms with Gasteiger partial charge in [-0.2, -0.15) is 8.78 Å². The molecular weight excluding hydrogens is 394 g/mol. The van der Waals surface area contributed by atoms with Crippen LogP contribution in [0.25, 0.3) is 0 Å². The van der Waals surface area contributed by atoms with E-state index in [0.29, 0.717) is 17.9 Å². The molecule has 2 bridgehead atoms. The third-order valence-electron chi connectivity index (χ3n) is 5.46. The Bertz CT molecular complexity index is 871. The van der Waals surface area contributed by atoms with Gasteiger partial charge in [0.15, 0.2) is 5.82 Å². The molecule has 2 saturated heterocycles. The standard InChI is InChI=1S/C20H26F2N6O2/c1-20(2,3)30-19(29)27-14-9-10-15(27)12-26(11-14)16(13-7-5-4-6-8-13)17-23-25-28(24-17)18(21)22/h4-8,14-16,18H,9-12H2,1-3H3. The van der Waals surface area contributed by atoms with Gasteiger partial charge >= 0.3 is 12.6 Å². The number of likely N-dealkylation sites (tertiary alicyclic amines) is 1. The maximum Gasteiger partial charge on any atom is 0.410 e. The zero-order chi connectivity index (χ0) is 21.5. The molecule has 8 nitrogen and oxygen atoms in total. The molecule has 30 heavy (non-hydrogen) atoms. The van der Waals surface area contributed by atoms with E-state index in [1.54, 1.807) is 0 Å². The second kappa shape index (κ2) is 7.90. The molecule has 3 heterocycles. The maximum absolute atomic E-state index is 13.0. The van der Waals surface area contributed by atoms with Gasteiger partial charge in [-0.15, -0.1) is 10.2 Å². The highest BCUT2D eigenvalue weighted by atomic mass is 19.3. The van der Waals surface area contributed by atoms with Crippen molar-refractivity contribution in [2.24, 2.45) is 0 Å². The number of tetrazole rings is 1. The number of benzene rings is 1. The lowest BCUT2D eigenvalue weighted by molar-refractivity contribution is -0.00923. The lowest BCUT2D eigenvalue weighted by Gasteiger charge is -2.43. The number of hydrogen-bond donors (Lipinski definition) is 0. The minimum absolute atomic E-state index is 0.00467. The second-order valence-corrected chi connectivity index (χ2v) is 8.79. The van der Waals surface area contributed by atoms with Crippen LogP contribution in [0.4, 0.5) is 13.6 Å². The van der Waals surface area contributed by atoms with Gasteiger partial charge in [-0.05, 0) is 44.4 Å². The van der Waals surface area contributed by atoms with Gasteiger partial charge in [0, 0.05) is 25.2 Å². The van der Waals surface area contributed by atoms with Crippen LogP contribution in [0.5, 0.6) is 0 Å². The largest absolute Gasteiger partial charge is 0.444 e. The van der Waals surface area contributed by atoms with Crippen molar-refractivity contribution in [2.75, 3.05) is 13.1 Å². The van der Waals surface area contributed by atoms with Gasteiger partial charge in [0.25, 0.3) is 0 Å². The number of alkyl halides is 2. The lowest BCUT2D eigenvalue weighted by Crippen LogP contribution is -2.57. The normalized spacial score (nSPS) is 23.1. The zero-order valence-electron chi connectivity index (χ0n) is 17.3. The summed E-state index contributed by atoms with van der Waals surface area (Å²) in [4.78, 5) is 17.1. The summed E-state index contributed by atoms with van der Waals surface area (Å²) in [7, 11) is 0. The summed E-state index contributed by atoms with van der Waals surface area (Å²) in [5.41, 5.74) is 0.342. The number of halogens is 2. The Hall–Kier alpha value is -2.62. The number of amides is 1. The predicted octanol–water partition coefficient (Wildman–Crippen LogP) is 3.24. The smallest absolute Gasteiger partial charge is 0.410 e. The Labute approximate surface area is 173 Å². The number of aromatic nitrogens is 4. The Kier molecular flexibility index (Phi) is 5.44. The van der Waals surface area contributed by atoms with Crippen LogP contribution in [0.2, 0.25) is 0 Å². The highest BCUT2D eigenvalue weighted by molar-refractivity contribution is 5.69. The van der Waals surface area contributed by atoms with Crippen LogP contribution in [0.1, 0.15) is 57.6 Å². The first kappa shape index (κ1) is 20.6. The molecule has 0 radical (unpaired) electrons. The molecule has 3 unspecified atom stereocenters. The van der Waals surface area contributed by atoms with Crippen molar-refractivity contribution in [1.29, 1.82) is 0 Å². The molecule has 0 saturated carbocycles. The number of hydrogen-bond acceptors (Lipinski definition) is 6. The minimum Gasteiger partial charge on any atom is -0.444 e. The van der Waals surface area contributed by atoms with E-state index >= 15 is 0 Å². The maximum atomic E-state index is 13.0. The van der Waals surface area contributed by atoms with E-state index in [9.17, 15) is 13.6 Å². The average molecular weight is 420 g/mol. The molecule has 1 aromatic heterocycles. The quantitative estimate of drug-likeness (QED) is 0.756. The summed E-state index contributed by atoms with van der Waals surface area (Å²) in [6, 6.07) is 9.11. The molecule has 1 amide bonds. The summed E-state index contributed by atoms with van der Waals surface area (Å²) >= 11 is 0. The fraction of sp³-hybridized carbons (Fsp3) is 0.600. The van der Waals surface area contributed by atoms with Crippen LogP contribution in [0.3, 0.4) is 0 Å². The van der Waals surface area contributed by atoms with Crippen LogP contribution in [-0.4, -0.2) is 66.9 Å². The van der Waals surface area contributed by atoms with Crippen molar-refractivity contribution < 1.29 is 18.3 Å². The number of fused-ring (bicyclic) bond motifs is 2. The molecule has 2 aliphatic rings. The third-order valence-corrected chi connectivity index (χ3v) is 5.46. The van der Waals surface area contributed by atoms with Crippen LogP contribution >= 0.6 is 0 Å². The van der Waals surface area contributed by atoms with Gasteiger partial charge in [-0.1, -0.05) is 35.1 Å². The topological polar surface area (TPSA) is 76.4 Å². The van der Waals surface area contributed by atoms with E-state index in [1.165, 1.54) is 0 Å². The summed E-state index contributed by atoms with van der Waals surface area (Å²) in [5, 5.41) is 11.4. The number of ether oxygens (including phenoxy) is 1. The third kappa shape index (κ3) is 4.14. The Morgan fingerprint density at radius 2 is 1.77 bits per heavy atom. The van der Waals surface area contributed by atoms with E-state index in [4.69, 9.17) is 4.74 Å². The number of rotatable bonds is 4. The zero-order valence-corrected chi connectivity index (χ0v) is 17.3. The van der Waals surface area contributed by atoms with Crippen molar-refractivity contribution in [3.05, 3.63) is 41.7 Å². The number of carbonyl (C=O) groups excluding carboxylic acids is 1. The molecule has 2 aromatic rings.